The quantitative estimate of drug-likeness (QED) is 0.718. The molecule has 0 unspecified atom stereocenters. The van der Waals surface area contributed by atoms with E-state index in [4.69, 9.17) is 0 Å². The Kier molecular flexibility index (Phi) is 3.55. The van der Waals surface area contributed by atoms with Crippen LogP contribution in [-0.4, -0.2) is 13.1 Å². The third-order valence-corrected chi connectivity index (χ3v) is 4.49. The molecule has 0 atom stereocenters. The van der Waals surface area contributed by atoms with E-state index in [0.717, 1.165) is 0 Å². The number of fused-ring (bicyclic) bond motifs is 1. The molecule has 0 aliphatic carbocycles. The van der Waals surface area contributed by atoms with Gasteiger partial charge in [-0.25, -0.2) is 0 Å². The second-order valence-electron chi connectivity index (χ2n) is 5.01. The van der Waals surface area contributed by atoms with Crippen molar-refractivity contribution in [2.45, 2.75) is 25.7 Å². The largest absolute Gasteiger partial charge is 0.371 e. The molecule has 1 aliphatic heterocycles. The summed E-state index contributed by atoms with van der Waals surface area (Å²) in [7, 11) is 0. The maximum Gasteiger partial charge on any atom is 0.0446 e. The van der Waals surface area contributed by atoms with Gasteiger partial charge >= 0.3 is 0 Å². The lowest BCUT2D eigenvalue weighted by Gasteiger charge is -2.24. The highest BCUT2D eigenvalue weighted by molar-refractivity contribution is 9.10. The lowest BCUT2D eigenvalue weighted by molar-refractivity contribution is 0.726. The van der Waals surface area contributed by atoms with Crippen LogP contribution < -0.4 is 4.90 Å². The summed E-state index contributed by atoms with van der Waals surface area (Å²) in [5.41, 5.74) is 1.40. The molecule has 0 radical (unpaired) electrons. The number of hydrogen-bond acceptors (Lipinski definition) is 1. The van der Waals surface area contributed by atoms with Crippen LogP contribution in [0.15, 0.2) is 40.9 Å². The molecule has 0 aromatic heterocycles. The van der Waals surface area contributed by atoms with Gasteiger partial charge in [0.25, 0.3) is 0 Å². The van der Waals surface area contributed by atoms with Crippen molar-refractivity contribution in [1.29, 1.82) is 0 Å². The van der Waals surface area contributed by atoms with E-state index in [1.165, 1.54) is 59.7 Å². The van der Waals surface area contributed by atoms with Gasteiger partial charge in [0.05, 0.1) is 0 Å². The summed E-state index contributed by atoms with van der Waals surface area (Å²) >= 11 is 3.65. The highest BCUT2D eigenvalue weighted by Gasteiger charge is 2.13. The first kappa shape index (κ1) is 12.0. The Balaban J connectivity index is 2.08. The van der Waals surface area contributed by atoms with E-state index in [0.29, 0.717) is 0 Å². The smallest absolute Gasteiger partial charge is 0.0446 e. The van der Waals surface area contributed by atoms with Crippen molar-refractivity contribution < 1.29 is 0 Å². The molecular weight excluding hydrogens is 286 g/mol. The molecule has 0 amide bonds. The molecule has 1 saturated heterocycles. The molecule has 0 N–H and O–H groups in total. The molecule has 0 saturated carbocycles. The first-order chi connectivity index (χ1) is 8.86. The average Bonchev–Trinajstić information content (AvgIpc) is 2.68. The fourth-order valence-electron chi connectivity index (χ4n) is 2.83. The van der Waals surface area contributed by atoms with Crippen molar-refractivity contribution in [2.24, 2.45) is 0 Å². The first-order valence-corrected chi connectivity index (χ1v) is 7.58. The van der Waals surface area contributed by atoms with Crippen LogP contribution in [0.5, 0.6) is 0 Å². The number of nitrogens with zero attached hydrogens (tertiary/aromatic N) is 1. The fourth-order valence-corrected chi connectivity index (χ4v) is 3.31. The Labute approximate surface area is 117 Å². The van der Waals surface area contributed by atoms with Gasteiger partial charge in [-0.3, -0.25) is 0 Å². The fraction of sp³-hybridized carbons (Fsp3) is 0.375. The van der Waals surface area contributed by atoms with Gasteiger partial charge in [0.1, 0.15) is 0 Å². The molecule has 1 fully saturated rings. The predicted molar refractivity (Wildman–Crippen MR) is 82.3 cm³/mol. The van der Waals surface area contributed by atoms with Crippen LogP contribution in [0.1, 0.15) is 25.7 Å². The van der Waals surface area contributed by atoms with Crippen molar-refractivity contribution in [3.63, 3.8) is 0 Å². The Bertz CT molecular complexity index is 542. The zero-order chi connectivity index (χ0) is 12.4. The summed E-state index contributed by atoms with van der Waals surface area (Å²) in [5.74, 6) is 0. The first-order valence-electron chi connectivity index (χ1n) is 6.78. The molecule has 1 nitrogen and oxygen atoms in total. The van der Waals surface area contributed by atoms with E-state index in [-0.39, 0.29) is 0 Å². The topological polar surface area (TPSA) is 3.24 Å². The third kappa shape index (κ3) is 2.26. The SMILES string of the molecule is Brc1ccc(N2CCCCCC2)c2ccccc12. The number of halogens is 1. The number of hydrogen-bond donors (Lipinski definition) is 0. The predicted octanol–water partition coefficient (Wildman–Crippen LogP) is 4.98. The summed E-state index contributed by atoms with van der Waals surface area (Å²) in [5, 5.41) is 2.69. The Morgan fingerprint density at radius 3 is 2.17 bits per heavy atom. The van der Waals surface area contributed by atoms with E-state index in [1.807, 2.05) is 0 Å². The van der Waals surface area contributed by atoms with Crippen LogP contribution in [0, 0.1) is 0 Å². The molecule has 1 heterocycles. The van der Waals surface area contributed by atoms with E-state index < -0.39 is 0 Å². The molecule has 0 spiro atoms. The monoisotopic (exact) mass is 303 g/mol. The summed E-state index contributed by atoms with van der Waals surface area (Å²) in [6.45, 7) is 2.40. The van der Waals surface area contributed by atoms with Crippen LogP contribution in [0.25, 0.3) is 10.8 Å². The molecule has 94 valence electrons. The Morgan fingerprint density at radius 2 is 1.44 bits per heavy atom. The van der Waals surface area contributed by atoms with E-state index in [9.17, 15) is 0 Å². The second kappa shape index (κ2) is 5.31. The second-order valence-corrected chi connectivity index (χ2v) is 5.87. The van der Waals surface area contributed by atoms with Gasteiger partial charge in [-0.2, -0.15) is 0 Å². The van der Waals surface area contributed by atoms with E-state index in [1.54, 1.807) is 0 Å². The molecule has 0 bridgehead atoms. The normalized spacial score (nSPS) is 16.8. The summed E-state index contributed by atoms with van der Waals surface area (Å²) in [6.07, 6.45) is 5.41. The van der Waals surface area contributed by atoms with Crippen LogP contribution in [0.2, 0.25) is 0 Å². The van der Waals surface area contributed by atoms with Gasteiger partial charge in [0.2, 0.25) is 0 Å². The molecule has 2 heteroatoms. The number of benzene rings is 2. The van der Waals surface area contributed by atoms with Crippen LogP contribution in [-0.2, 0) is 0 Å². The van der Waals surface area contributed by atoms with Gasteiger partial charge in [-0.15, -0.1) is 0 Å². The molecule has 1 aliphatic rings. The van der Waals surface area contributed by atoms with Crippen molar-refractivity contribution >= 4 is 32.4 Å². The molecule has 3 rings (SSSR count). The standard InChI is InChI=1S/C16H18BrN/c17-15-9-10-16(14-8-4-3-7-13(14)15)18-11-5-1-2-6-12-18/h3-4,7-10H,1-2,5-6,11-12H2. The van der Waals surface area contributed by atoms with Crippen molar-refractivity contribution in [1.82, 2.24) is 0 Å². The minimum absolute atomic E-state index is 1.19. The Hall–Kier alpha value is -1.02. The third-order valence-electron chi connectivity index (χ3n) is 3.79. The van der Waals surface area contributed by atoms with Crippen LogP contribution in [0.3, 0.4) is 0 Å². The maximum absolute atomic E-state index is 3.65. The highest BCUT2D eigenvalue weighted by atomic mass is 79.9. The summed E-state index contributed by atoms with van der Waals surface area (Å²) in [6, 6.07) is 13.1. The van der Waals surface area contributed by atoms with Gasteiger partial charge in [-0.05, 0) is 30.4 Å². The lowest BCUT2D eigenvalue weighted by atomic mass is 10.1. The number of rotatable bonds is 1. The zero-order valence-electron chi connectivity index (χ0n) is 10.5. The van der Waals surface area contributed by atoms with E-state index in [2.05, 4.69) is 57.2 Å². The van der Waals surface area contributed by atoms with E-state index >= 15 is 0 Å². The van der Waals surface area contributed by atoms with Gasteiger partial charge in [0, 0.05) is 28.6 Å². The van der Waals surface area contributed by atoms with Crippen molar-refractivity contribution in [3.8, 4) is 0 Å². The Morgan fingerprint density at radius 1 is 0.778 bits per heavy atom. The average molecular weight is 304 g/mol. The highest BCUT2D eigenvalue weighted by Crippen LogP contribution is 2.33. The zero-order valence-corrected chi connectivity index (χ0v) is 12.1. The minimum atomic E-state index is 1.19. The summed E-state index contributed by atoms with van der Waals surface area (Å²) in [4.78, 5) is 2.56. The maximum atomic E-state index is 3.65. The number of anilines is 1. The van der Waals surface area contributed by atoms with Gasteiger partial charge < -0.3 is 4.90 Å². The van der Waals surface area contributed by atoms with Crippen LogP contribution >= 0.6 is 15.9 Å². The molecule has 18 heavy (non-hydrogen) atoms. The minimum Gasteiger partial charge on any atom is -0.371 e. The van der Waals surface area contributed by atoms with Crippen molar-refractivity contribution in [3.05, 3.63) is 40.9 Å². The summed E-state index contributed by atoms with van der Waals surface area (Å²) < 4.78 is 1.19. The van der Waals surface area contributed by atoms with Gasteiger partial charge in [0.15, 0.2) is 0 Å². The molecular formula is C16H18BrN. The molecule has 2 aromatic carbocycles. The lowest BCUT2D eigenvalue weighted by Crippen LogP contribution is -2.23. The van der Waals surface area contributed by atoms with Crippen LogP contribution in [0.4, 0.5) is 5.69 Å². The van der Waals surface area contributed by atoms with Crippen molar-refractivity contribution in [2.75, 3.05) is 18.0 Å². The molecule has 2 aromatic rings. The van der Waals surface area contributed by atoms with Gasteiger partial charge in [-0.1, -0.05) is 53.0 Å².